The first kappa shape index (κ1) is 13.9. The smallest absolute Gasteiger partial charge is 0.261 e. The van der Waals surface area contributed by atoms with Crippen molar-refractivity contribution in [1.29, 1.82) is 0 Å². The third-order valence-electron chi connectivity index (χ3n) is 3.51. The normalized spacial score (nSPS) is 21.4. The van der Waals surface area contributed by atoms with Gasteiger partial charge in [-0.2, -0.15) is 0 Å². The first-order valence-electron chi connectivity index (χ1n) is 7.01. The van der Waals surface area contributed by atoms with Crippen LogP contribution in [-0.2, 0) is 4.79 Å². The quantitative estimate of drug-likeness (QED) is 0.873. The number of amides is 1. The maximum absolute atomic E-state index is 11.9. The predicted molar refractivity (Wildman–Crippen MR) is 74.9 cm³/mol. The van der Waals surface area contributed by atoms with Gasteiger partial charge < -0.3 is 15.8 Å². The number of ether oxygens (including phenoxy) is 1. The summed E-state index contributed by atoms with van der Waals surface area (Å²) >= 11 is 0. The van der Waals surface area contributed by atoms with Crippen LogP contribution in [0.3, 0.4) is 0 Å². The Morgan fingerprint density at radius 3 is 3.00 bits per heavy atom. The third kappa shape index (κ3) is 3.47. The maximum Gasteiger partial charge on any atom is 0.261 e. The van der Waals surface area contributed by atoms with Crippen molar-refractivity contribution in [1.82, 2.24) is 5.32 Å². The summed E-state index contributed by atoms with van der Waals surface area (Å²) in [7, 11) is 0. The predicted octanol–water partition coefficient (Wildman–Crippen LogP) is 2.14. The Hall–Kier alpha value is -1.55. The van der Waals surface area contributed by atoms with Gasteiger partial charge in [0, 0.05) is 18.2 Å². The second-order valence-electron chi connectivity index (χ2n) is 4.95. The molecule has 1 fully saturated rings. The van der Waals surface area contributed by atoms with Gasteiger partial charge in [0.05, 0.1) is 0 Å². The van der Waals surface area contributed by atoms with Crippen molar-refractivity contribution in [2.75, 3.05) is 6.54 Å². The minimum Gasteiger partial charge on any atom is -0.480 e. The molecular formula is C15H22N2O2. The lowest BCUT2D eigenvalue weighted by Crippen LogP contribution is -2.36. The zero-order valence-electron chi connectivity index (χ0n) is 11.4. The molecule has 1 aromatic carbocycles. The van der Waals surface area contributed by atoms with E-state index in [-0.39, 0.29) is 11.9 Å². The van der Waals surface area contributed by atoms with Gasteiger partial charge in [0.2, 0.25) is 0 Å². The topological polar surface area (TPSA) is 64.3 Å². The standard InChI is InChI=1S/C15H22N2O2/c1-2-12(16)11-7-3-4-8-13(11)19-14-9-5-6-10-17-15(14)18/h3-4,7-8,12,14H,2,5-6,9-10,16H2,1H3,(H,17,18). The number of carbonyl (C=O) groups excluding carboxylic acids is 1. The number of nitrogens with one attached hydrogen (secondary N) is 1. The number of hydrogen-bond donors (Lipinski definition) is 2. The molecule has 104 valence electrons. The Balaban J connectivity index is 2.15. The van der Waals surface area contributed by atoms with Crippen molar-refractivity contribution in [3.8, 4) is 5.75 Å². The summed E-state index contributed by atoms with van der Waals surface area (Å²) in [4.78, 5) is 11.9. The molecule has 0 radical (unpaired) electrons. The molecule has 1 heterocycles. The summed E-state index contributed by atoms with van der Waals surface area (Å²) in [6, 6.07) is 7.67. The molecule has 2 atom stereocenters. The molecule has 2 rings (SSSR count). The minimum atomic E-state index is -0.396. The largest absolute Gasteiger partial charge is 0.480 e. The van der Waals surface area contributed by atoms with Crippen LogP contribution in [0.15, 0.2) is 24.3 Å². The molecule has 4 nitrogen and oxygen atoms in total. The maximum atomic E-state index is 11.9. The highest BCUT2D eigenvalue weighted by Crippen LogP contribution is 2.27. The monoisotopic (exact) mass is 262 g/mol. The van der Waals surface area contributed by atoms with Crippen LogP contribution in [0.5, 0.6) is 5.75 Å². The lowest BCUT2D eigenvalue weighted by molar-refractivity contribution is -0.127. The number of benzene rings is 1. The summed E-state index contributed by atoms with van der Waals surface area (Å²) in [5.74, 6) is 0.719. The summed E-state index contributed by atoms with van der Waals surface area (Å²) in [5, 5.41) is 2.88. The molecule has 0 aliphatic carbocycles. The highest BCUT2D eigenvalue weighted by Gasteiger charge is 2.23. The second kappa shape index (κ2) is 6.57. The number of nitrogens with two attached hydrogens (primary N) is 1. The molecule has 1 aliphatic rings. The average Bonchev–Trinajstić information content (AvgIpc) is 2.64. The summed E-state index contributed by atoms with van der Waals surface area (Å²) < 4.78 is 5.91. The van der Waals surface area contributed by atoms with Crippen LogP contribution >= 0.6 is 0 Å². The van der Waals surface area contributed by atoms with Crippen molar-refractivity contribution in [2.24, 2.45) is 5.73 Å². The van der Waals surface area contributed by atoms with E-state index in [0.29, 0.717) is 0 Å². The van der Waals surface area contributed by atoms with E-state index in [0.717, 1.165) is 43.5 Å². The molecule has 4 heteroatoms. The van der Waals surface area contributed by atoms with E-state index in [2.05, 4.69) is 5.32 Å². The van der Waals surface area contributed by atoms with E-state index in [1.165, 1.54) is 0 Å². The van der Waals surface area contributed by atoms with Crippen LogP contribution in [0.2, 0.25) is 0 Å². The zero-order valence-corrected chi connectivity index (χ0v) is 11.4. The highest BCUT2D eigenvalue weighted by molar-refractivity contribution is 5.81. The lowest BCUT2D eigenvalue weighted by atomic mass is 10.0. The number of para-hydroxylation sites is 1. The summed E-state index contributed by atoms with van der Waals surface area (Å²) in [6.45, 7) is 2.79. The molecule has 1 aliphatic heterocycles. The van der Waals surface area contributed by atoms with E-state index in [4.69, 9.17) is 10.5 Å². The van der Waals surface area contributed by atoms with E-state index < -0.39 is 6.10 Å². The molecule has 0 aromatic heterocycles. The fraction of sp³-hybridized carbons (Fsp3) is 0.533. The number of rotatable bonds is 4. The molecule has 0 saturated carbocycles. The van der Waals surface area contributed by atoms with Gasteiger partial charge in [-0.05, 0) is 31.7 Å². The lowest BCUT2D eigenvalue weighted by Gasteiger charge is -2.20. The Morgan fingerprint density at radius 2 is 2.21 bits per heavy atom. The van der Waals surface area contributed by atoms with Gasteiger partial charge in [0.15, 0.2) is 6.10 Å². The van der Waals surface area contributed by atoms with Crippen LogP contribution in [0.1, 0.15) is 44.2 Å². The summed E-state index contributed by atoms with van der Waals surface area (Å²) in [6.07, 6.45) is 3.24. The molecular weight excluding hydrogens is 240 g/mol. The van der Waals surface area contributed by atoms with Gasteiger partial charge in [-0.15, -0.1) is 0 Å². The van der Waals surface area contributed by atoms with Gasteiger partial charge in [0.1, 0.15) is 5.75 Å². The second-order valence-corrected chi connectivity index (χ2v) is 4.95. The molecule has 0 spiro atoms. The van der Waals surface area contributed by atoms with Gasteiger partial charge in [-0.1, -0.05) is 25.1 Å². The molecule has 0 bridgehead atoms. The Labute approximate surface area is 114 Å². The fourth-order valence-electron chi connectivity index (χ4n) is 2.29. The Bertz CT molecular complexity index is 434. The van der Waals surface area contributed by atoms with E-state index in [9.17, 15) is 4.79 Å². The van der Waals surface area contributed by atoms with Crippen molar-refractivity contribution >= 4 is 5.91 Å². The molecule has 1 amide bonds. The minimum absolute atomic E-state index is 0.0163. The van der Waals surface area contributed by atoms with Crippen LogP contribution < -0.4 is 15.8 Å². The fourth-order valence-corrected chi connectivity index (χ4v) is 2.29. The van der Waals surface area contributed by atoms with Crippen molar-refractivity contribution in [3.63, 3.8) is 0 Å². The molecule has 1 aromatic rings. The first-order valence-corrected chi connectivity index (χ1v) is 7.01. The highest BCUT2D eigenvalue weighted by atomic mass is 16.5. The van der Waals surface area contributed by atoms with Gasteiger partial charge >= 0.3 is 0 Å². The van der Waals surface area contributed by atoms with Gasteiger partial charge in [-0.25, -0.2) is 0 Å². The Kier molecular flexibility index (Phi) is 4.80. The summed E-state index contributed by atoms with van der Waals surface area (Å²) in [5.41, 5.74) is 7.06. The number of carbonyl (C=O) groups is 1. The van der Waals surface area contributed by atoms with Crippen molar-refractivity contribution in [2.45, 2.75) is 44.8 Å². The average molecular weight is 262 g/mol. The van der Waals surface area contributed by atoms with Gasteiger partial charge in [0.25, 0.3) is 5.91 Å². The van der Waals surface area contributed by atoms with Crippen LogP contribution in [0.25, 0.3) is 0 Å². The molecule has 1 saturated heterocycles. The molecule has 3 N–H and O–H groups in total. The van der Waals surface area contributed by atoms with Crippen LogP contribution in [0.4, 0.5) is 0 Å². The number of hydrogen-bond acceptors (Lipinski definition) is 3. The third-order valence-corrected chi connectivity index (χ3v) is 3.51. The first-order chi connectivity index (χ1) is 9.22. The van der Waals surface area contributed by atoms with E-state index >= 15 is 0 Å². The van der Waals surface area contributed by atoms with E-state index in [1.54, 1.807) is 0 Å². The zero-order chi connectivity index (χ0) is 13.7. The van der Waals surface area contributed by atoms with Crippen LogP contribution in [-0.4, -0.2) is 18.6 Å². The molecule has 19 heavy (non-hydrogen) atoms. The SMILES string of the molecule is CCC(N)c1ccccc1OC1CCCCNC1=O. The molecule has 2 unspecified atom stereocenters. The van der Waals surface area contributed by atoms with Crippen molar-refractivity contribution < 1.29 is 9.53 Å². The van der Waals surface area contributed by atoms with Crippen LogP contribution in [0, 0.1) is 0 Å². The van der Waals surface area contributed by atoms with Gasteiger partial charge in [-0.3, -0.25) is 4.79 Å². The van der Waals surface area contributed by atoms with Crippen molar-refractivity contribution in [3.05, 3.63) is 29.8 Å². The Morgan fingerprint density at radius 1 is 1.42 bits per heavy atom. The van der Waals surface area contributed by atoms with E-state index in [1.807, 2.05) is 31.2 Å².